The minimum Gasteiger partial charge on any atom is -0.455 e. The molecule has 0 spiro atoms. The van der Waals surface area contributed by atoms with Crippen LogP contribution in [0.5, 0.6) is 0 Å². The molecule has 2 aromatic heterocycles. The fourth-order valence-corrected chi connectivity index (χ4v) is 3.09. The Bertz CT molecular complexity index is 818. The Balaban J connectivity index is 1.80. The lowest BCUT2D eigenvalue weighted by Gasteiger charge is -2.26. The largest absolute Gasteiger partial charge is 0.455 e. The van der Waals surface area contributed by atoms with Crippen LogP contribution in [0.1, 0.15) is 19.6 Å². The van der Waals surface area contributed by atoms with Gasteiger partial charge in [0.2, 0.25) is 5.79 Å². The molecule has 0 radical (unpaired) electrons. The molecule has 1 fully saturated rings. The van der Waals surface area contributed by atoms with Crippen LogP contribution in [0.25, 0.3) is 11.0 Å². The highest BCUT2D eigenvalue weighted by Crippen LogP contribution is 2.41. The van der Waals surface area contributed by atoms with Crippen molar-refractivity contribution in [2.24, 2.45) is 0 Å². The zero-order valence-corrected chi connectivity index (χ0v) is 13.7. The van der Waals surface area contributed by atoms with Gasteiger partial charge >= 0.3 is 0 Å². The van der Waals surface area contributed by atoms with Gasteiger partial charge in [0.05, 0.1) is 25.1 Å². The molecule has 1 aliphatic rings. The SMILES string of the molecule is CC1OC(Cn2ccnc2)(c2cc3cc(Cl)ccc3o2)OC1C. The maximum atomic E-state index is 6.18. The van der Waals surface area contributed by atoms with Crippen molar-refractivity contribution in [3.05, 3.63) is 53.8 Å². The first-order valence-corrected chi connectivity index (χ1v) is 7.94. The molecule has 0 saturated carbocycles. The van der Waals surface area contributed by atoms with E-state index >= 15 is 0 Å². The first-order chi connectivity index (χ1) is 11.1. The van der Waals surface area contributed by atoms with E-state index in [1.54, 1.807) is 18.6 Å². The summed E-state index contributed by atoms with van der Waals surface area (Å²) in [6.07, 6.45) is 5.28. The second-order valence-electron chi connectivity index (χ2n) is 5.93. The van der Waals surface area contributed by atoms with Crippen molar-refractivity contribution in [3.8, 4) is 0 Å². The normalized spacial score (nSPS) is 27.8. The van der Waals surface area contributed by atoms with E-state index in [1.165, 1.54) is 0 Å². The van der Waals surface area contributed by atoms with Crippen molar-refractivity contribution in [1.29, 1.82) is 0 Å². The molecule has 0 N–H and O–H groups in total. The summed E-state index contributed by atoms with van der Waals surface area (Å²) < 4.78 is 20.3. The van der Waals surface area contributed by atoms with Crippen molar-refractivity contribution in [2.45, 2.75) is 38.4 Å². The van der Waals surface area contributed by atoms with Gasteiger partial charge in [0.25, 0.3) is 0 Å². The highest BCUT2D eigenvalue weighted by atomic mass is 35.5. The highest BCUT2D eigenvalue weighted by molar-refractivity contribution is 6.31. The number of ether oxygens (including phenoxy) is 2. The molecule has 3 heterocycles. The van der Waals surface area contributed by atoms with Crippen LogP contribution in [0.3, 0.4) is 0 Å². The molecule has 2 atom stereocenters. The molecule has 0 aliphatic carbocycles. The number of halogens is 1. The molecule has 1 aromatic carbocycles. The third-order valence-electron chi connectivity index (χ3n) is 4.22. The van der Waals surface area contributed by atoms with Gasteiger partial charge in [-0.05, 0) is 38.1 Å². The number of rotatable bonds is 3. The second-order valence-corrected chi connectivity index (χ2v) is 6.36. The topological polar surface area (TPSA) is 49.4 Å². The lowest BCUT2D eigenvalue weighted by Crippen LogP contribution is -2.32. The summed E-state index contributed by atoms with van der Waals surface area (Å²) in [7, 11) is 0. The molecule has 1 saturated heterocycles. The predicted octanol–water partition coefficient (Wildman–Crippen LogP) is 3.96. The molecular formula is C17H17ClN2O3. The van der Waals surface area contributed by atoms with Crippen molar-refractivity contribution < 1.29 is 13.9 Å². The Kier molecular flexibility index (Phi) is 3.44. The summed E-state index contributed by atoms with van der Waals surface area (Å²) in [4.78, 5) is 4.09. The Morgan fingerprint density at radius 3 is 2.70 bits per heavy atom. The zero-order chi connectivity index (χ0) is 16.0. The van der Waals surface area contributed by atoms with Crippen LogP contribution in [0.15, 0.2) is 47.4 Å². The third kappa shape index (κ3) is 2.55. The smallest absolute Gasteiger partial charge is 0.247 e. The number of furan rings is 1. The highest BCUT2D eigenvalue weighted by Gasteiger charge is 2.48. The molecule has 2 unspecified atom stereocenters. The van der Waals surface area contributed by atoms with Gasteiger partial charge in [-0.1, -0.05) is 11.6 Å². The third-order valence-corrected chi connectivity index (χ3v) is 4.45. The Hall–Kier alpha value is -1.82. The molecule has 6 heteroatoms. The van der Waals surface area contributed by atoms with Gasteiger partial charge < -0.3 is 18.5 Å². The zero-order valence-electron chi connectivity index (χ0n) is 12.9. The number of imidazole rings is 1. The quantitative estimate of drug-likeness (QED) is 0.728. The van der Waals surface area contributed by atoms with E-state index in [0.717, 1.165) is 11.0 Å². The maximum absolute atomic E-state index is 6.18. The maximum Gasteiger partial charge on any atom is 0.247 e. The van der Waals surface area contributed by atoms with E-state index < -0.39 is 5.79 Å². The van der Waals surface area contributed by atoms with Crippen LogP contribution in [-0.4, -0.2) is 21.8 Å². The van der Waals surface area contributed by atoms with Crippen molar-refractivity contribution in [2.75, 3.05) is 0 Å². The molecule has 3 aromatic rings. The molecule has 0 bridgehead atoms. The van der Waals surface area contributed by atoms with Gasteiger partial charge in [0.1, 0.15) is 5.58 Å². The van der Waals surface area contributed by atoms with Crippen molar-refractivity contribution in [1.82, 2.24) is 9.55 Å². The van der Waals surface area contributed by atoms with E-state index in [4.69, 9.17) is 25.5 Å². The Morgan fingerprint density at radius 2 is 2.00 bits per heavy atom. The minimum absolute atomic E-state index is 0.0321. The summed E-state index contributed by atoms with van der Waals surface area (Å²) in [5.74, 6) is -0.329. The first kappa shape index (κ1) is 14.8. The van der Waals surface area contributed by atoms with Gasteiger partial charge in [-0.15, -0.1) is 0 Å². The number of aromatic nitrogens is 2. The van der Waals surface area contributed by atoms with Gasteiger partial charge in [0, 0.05) is 22.8 Å². The summed E-state index contributed by atoms with van der Waals surface area (Å²) in [6.45, 7) is 4.47. The standard InChI is InChI=1S/C17H17ClN2O3/c1-11-12(2)23-17(22-11,9-20-6-5-19-10-20)16-8-13-7-14(18)3-4-15(13)21-16/h3-8,10-12H,9H2,1-2H3. The lowest BCUT2D eigenvalue weighted by molar-refractivity contribution is -0.203. The number of hydrogen-bond acceptors (Lipinski definition) is 4. The minimum atomic E-state index is -0.967. The van der Waals surface area contributed by atoms with Crippen LogP contribution in [0.2, 0.25) is 5.02 Å². The van der Waals surface area contributed by atoms with Crippen LogP contribution in [0.4, 0.5) is 0 Å². The van der Waals surface area contributed by atoms with Gasteiger partial charge in [-0.2, -0.15) is 0 Å². The summed E-state index contributed by atoms with van der Waals surface area (Å²) in [5, 5.41) is 1.60. The molecule has 0 amide bonds. The fraction of sp³-hybridized carbons (Fsp3) is 0.353. The van der Waals surface area contributed by atoms with Crippen LogP contribution >= 0.6 is 11.6 Å². The van der Waals surface area contributed by atoms with Crippen molar-refractivity contribution >= 4 is 22.6 Å². The lowest BCUT2D eigenvalue weighted by atomic mass is 10.1. The van der Waals surface area contributed by atoms with Crippen LogP contribution in [-0.2, 0) is 21.8 Å². The first-order valence-electron chi connectivity index (χ1n) is 7.57. The molecule has 5 nitrogen and oxygen atoms in total. The van der Waals surface area contributed by atoms with E-state index in [1.807, 2.05) is 42.8 Å². The number of nitrogens with zero attached hydrogens (tertiary/aromatic N) is 2. The molecule has 23 heavy (non-hydrogen) atoms. The van der Waals surface area contributed by atoms with E-state index in [-0.39, 0.29) is 12.2 Å². The molecule has 1 aliphatic heterocycles. The Morgan fingerprint density at radius 1 is 1.22 bits per heavy atom. The Labute approximate surface area is 138 Å². The average Bonchev–Trinajstić information content (AvgIpc) is 3.20. The summed E-state index contributed by atoms with van der Waals surface area (Å²) in [6, 6.07) is 7.47. The number of fused-ring (bicyclic) bond motifs is 1. The molecule has 4 rings (SSSR count). The van der Waals surface area contributed by atoms with Crippen molar-refractivity contribution in [3.63, 3.8) is 0 Å². The van der Waals surface area contributed by atoms with E-state index in [2.05, 4.69) is 4.98 Å². The van der Waals surface area contributed by atoms with E-state index in [9.17, 15) is 0 Å². The number of hydrogen-bond donors (Lipinski definition) is 0. The van der Waals surface area contributed by atoms with Crippen LogP contribution in [0, 0.1) is 0 Å². The number of benzene rings is 1. The molecule has 120 valence electrons. The molecular weight excluding hydrogens is 316 g/mol. The van der Waals surface area contributed by atoms with Crippen LogP contribution < -0.4 is 0 Å². The summed E-state index contributed by atoms with van der Waals surface area (Å²) in [5.41, 5.74) is 0.758. The predicted molar refractivity (Wildman–Crippen MR) is 86.2 cm³/mol. The second kappa shape index (κ2) is 5.37. The monoisotopic (exact) mass is 332 g/mol. The van der Waals surface area contributed by atoms with Gasteiger partial charge in [-0.3, -0.25) is 0 Å². The fourth-order valence-electron chi connectivity index (χ4n) is 2.91. The van der Waals surface area contributed by atoms with E-state index in [0.29, 0.717) is 17.3 Å². The average molecular weight is 333 g/mol. The summed E-state index contributed by atoms with van der Waals surface area (Å²) >= 11 is 6.07. The van der Waals surface area contributed by atoms with Gasteiger partial charge in [0.15, 0.2) is 5.76 Å². The van der Waals surface area contributed by atoms with Gasteiger partial charge in [-0.25, -0.2) is 4.98 Å².